The maximum atomic E-state index is 6.43. The fourth-order valence-electron chi connectivity index (χ4n) is 4.43. The molecule has 3 aliphatic heterocycles. The molecule has 2 atom stereocenters. The predicted molar refractivity (Wildman–Crippen MR) is 87.5 cm³/mol. The Morgan fingerprint density at radius 1 is 1.23 bits per heavy atom. The Kier molecular flexibility index (Phi) is 3.44. The number of benzene rings is 1. The fourth-order valence-corrected chi connectivity index (χ4v) is 4.61. The zero-order valence-corrected chi connectivity index (χ0v) is 14.1. The Labute approximate surface area is 137 Å². The van der Waals surface area contributed by atoms with E-state index in [4.69, 9.17) is 21.1 Å². The maximum absolute atomic E-state index is 6.43. The van der Waals surface area contributed by atoms with Crippen molar-refractivity contribution in [3.8, 4) is 5.75 Å². The van der Waals surface area contributed by atoms with E-state index in [9.17, 15) is 0 Å². The Bertz CT molecular complexity index is 580. The second kappa shape index (κ2) is 5.12. The van der Waals surface area contributed by atoms with Crippen LogP contribution in [-0.2, 0) is 4.74 Å². The van der Waals surface area contributed by atoms with Crippen LogP contribution in [-0.4, -0.2) is 25.3 Å². The molecule has 1 aromatic rings. The second-order valence-electron chi connectivity index (χ2n) is 7.68. The van der Waals surface area contributed by atoms with Crippen molar-refractivity contribution in [2.45, 2.75) is 44.8 Å². The lowest BCUT2D eigenvalue weighted by molar-refractivity contribution is -0.169. The highest BCUT2D eigenvalue weighted by atomic mass is 35.5. The molecule has 0 bridgehead atoms. The normalized spacial score (nSPS) is 32.0. The molecule has 120 valence electrons. The van der Waals surface area contributed by atoms with E-state index < -0.39 is 0 Å². The summed E-state index contributed by atoms with van der Waals surface area (Å²) in [7, 11) is 0. The highest BCUT2D eigenvalue weighted by Gasteiger charge is 2.52. The molecule has 1 aromatic carbocycles. The summed E-state index contributed by atoms with van der Waals surface area (Å²) in [5.41, 5.74) is 1.24. The fraction of sp³-hybridized carbons (Fsp3) is 0.667. The molecule has 0 aliphatic carbocycles. The third-order valence-electron chi connectivity index (χ3n) is 5.80. The second-order valence-corrected chi connectivity index (χ2v) is 8.12. The Hall–Kier alpha value is -0.770. The number of ether oxygens (including phenoxy) is 2. The van der Waals surface area contributed by atoms with Gasteiger partial charge in [-0.3, -0.25) is 0 Å². The summed E-state index contributed by atoms with van der Waals surface area (Å²) < 4.78 is 12.7. The van der Waals surface area contributed by atoms with E-state index in [-0.39, 0.29) is 11.7 Å². The molecule has 0 radical (unpaired) electrons. The van der Waals surface area contributed by atoms with E-state index in [0.29, 0.717) is 11.3 Å². The molecule has 0 amide bonds. The Morgan fingerprint density at radius 3 is 2.77 bits per heavy atom. The summed E-state index contributed by atoms with van der Waals surface area (Å²) in [4.78, 5) is 0. The standard InChI is InChI=1S/C18H24ClNO2/c1-17(2)14-10-18(5-7-20-8-6-18)11-21-16(14)13-9-12(19)3-4-15(13)22-17/h3-4,9,14,16,20H,5-8,10-11H2,1-2H3. The van der Waals surface area contributed by atoms with E-state index in [0.717, 1.165) is 36.0 Å². The highest BCUT2D eigenvalue weighted by Crippen LogP contribution is 2.55. The van der Waals surface area contributed by atoms with Gasteiger partial charge in [0.15, 0.2) is 0 Å². The molecule has 1 N–H and O–H groups in total. The largest absolute Gasteiger partial charge is 0.487 e. The van der Waals surface area contributed by atoms with Crippen LogP contribution in [0.1, 0.15) is 44.8 Å². The van der Waals surface area contributed by atoms with Crippen LogP contribution in [0.25, 0.3) is 0 Å². The molecule has 3 heterocycles. The molecule has 3 nitrogen and oxygen atoms in total. The van der Waals surface area contributed by atoms with Crippen LogP contribution in [0.15, 0.2) is 18.2 Å². The summed E-state index contributed by atoms with van der Waals surface area (Å²) in [6, 6.07) is 5.89. The highest BCUT2D eigenvalue weighted by molar-refractivity contribution is 6.30. The first-order valence-corrected chi connectivity index (χ1v) is 8.68. The molecule has 2 fully saturated rings. The quantitative estimate of drug-likeness (QED) is 0.784. The van der Waals surface area contributed by atoms with Gasteiger partial charge in [-0.1, -0.05) is 11.6 Å². The van der Waals surface area contributed by atoms with Gasteiger partial charge >= 0.3 is 0 Å². The molecular weight excluding hydrogens is 298 g/mol. The van der Waals surface area contributed by atoms with Gasteiger partial charge in [-0.25, -0.2) is 0 Å². The van der Waals surface area contributed by atoms with Gasteiger partial charge in [-0.05, 0) is 69.8 Å². The lowest BCUT2D eigenvalue weighted by atomic mass is 9.64. The lowest BCUT2D eigenvalue weighted by Crippen LogP contribution is -2.53. The van der Waals surface area contributed by atoms with Gasteiger partial charge < -0.3 is 14.8 Å². The minimum absolute atomic E-state index is 0.109. The van der Waals surface area contributed by atoms with Crippen molar-refractivity contribution in [3.63, 3.8) is 0 Å². The lowest BCUT2D eigenvalue weighted by Gasteiger charge is -2.53. The molecule has 2 saturated heterocycles. The van der Waals surface area contributed by atoms with Gasteiger partial charge in [0.2, 0.25) is 0 Å². The van der Waals surface area contributed by atoms with Crippen molar-refractivity contribution in [3.05, 3.63) is 28.8 Å². The zero-order valence-electron chi connectivity index (χ0n) is 13.3. The Balaban J connectivity index is 1.70. The van der Waals surface area contributed by atoms with E-state index in [1.54, 1.807) is 0 Å². The van der Waals surface area contributed by atoms with Gasteiger partial charge in [-0.15, -0.1) is 0 Å². The van der Waals surface area contributed by atoms with Crippen molar-refractivity contribution in [1.82, 2.24) is 5.32 Å². The van der Waals surface area contributed by atoms with Crippen molar-refractivity contribution < 1.29 is 9.47 Å². The van der Waals surface area contributed by atoms with Crippen LogP contribution < -0.4 is 10.1 Å². The summed E-state index contributed by atoms with van der Waals surface area (Å²) in [5, 5.41) is 4.22. The average molecular weight is 322 g/mol. The van der Waals surface area contributed by atoms with Gasteiger partial charge in [-0.2, -0.15) is 0 Å². The summed E-state index contributed by atoms with van der Waals surface area (Å²) in [5.74, 6) is 1.31. The van der Waals surface area contributed by atoms with E-state index in [1.807, 2.05) is 18.2 Å². The average Bonchev–Trinajstić information content (AvgIpc) is 2.49. The number of hydrogen-bond acceptors (Lipinski definition) is 3. The van der Waals surface area contributed by atoms with E-state index in [2.05, 4.69) is 19.2 Å². The number of hydrogen-bond donors (Lipinski definition) is 1. The zero-order chi connectivity index (χ0) is 15.4. The van der Waals surface area contributed by atoms with Crippen molar-refractivity contribution >= 4 is 11.6 Å². The van der Waals surface area contributed by atoms with Crippen LogP contribution in [0, 0.1) is 11.3 Å². The summed E-state index contributed by atoms with van der Waals surface area (Å²) in [6.07, 6.45) is 3.69. The first-order valence-electron chi connectivity index (χ1n) is 8.30. The van der Waals surface area contributed by atoms with E-state index in [1.165, 1.54) is 19.3 Å². The minimum atomic E-state index is -0.205. The molecule has 1 spiro atoms. The molecule has 3 aliphatic rings. The van der Waals surface area contributed by atoms with Crippen LogP contribution in [0.4, 0.5) is 0 Å². The number of rotatable bonds is 0. The number of piperidine rings is 1. The Morgan fingerprint density at radius 2 is 2.00 bits per heavy atom. The first-order chi connectivity index (χ1) is 10.5. The third-order valence-corrected chi connectivity index (χ3v) is 6.03. The topological polar surface area (TPSA) is 30.5 Å². The molecule has 4 rings (SSSR count). The van der Waals surface area contributed by atoms with Crippen LogP contribution in [0.2, 0.25) is 5.02 Å². The summed E-state index contributed by atoms with van der Waals surface area (Å²) in [6.45, 7) is 7.46. The molecule has 0 saturated carbocycles. The van der Waals surface area contributed by atoms with Crippen LogP contribution >= 0.6 is 11.6 Å². The molecular formula is C18H24ClNO2. The van der Waals surface area contributed by atoms with Gasteiger partial charge in [0.05, 0.1) is 12.7 Å². The minimum Gasteiger partial charge on any atom is -0.487 e. The van der Waals surface area contributed by atoms with Gasteiger partial charge in [0.25, 0.3) is 0 Å². The maximum Gasteiger partial charge on any atom is 0.126 e. The molecule has 22 heavy (non-hydrogen) atoms. The number of halogens is 1. The van der Waals surface area contributed by atoms with Crippen LogP contribution in [0.5, 0.6) is 5.75 Å². The summed E-state index contributed by atoms with van der Waals surface area (Å²) >= 11 is 6.20. The smallest absolute Gasteiger partial charge is 0.126 e. The monoisotopic (exact) mass is 321 g/mol. The molecule has 2 unspecified atom stereocenters. The van der Waals surface area contributed by atoms with Crippen LogP contribution in [0.3, 0.4) is 0 Å². The third kappa shape index (κ3) is 2.34. The van der Waals surface area contributed by atoms with Crippen molar-refractivity contribution in [2.75, 3.05) is 19.7 Å². The predicted octanol–water partition coefficient (Wildman–Crippen LogP) is 3.96. The van der Waals surface area contributed by atoms with Gasteiger partial charge in [0, 0.05) is 16.5 Å². The van der Waals surface area contributed by atoms with Gasteiger partial charge in [0.1, 0.15) is 11.4 Å². The number of fused-ring (bicyclic) bond motifs is 3. The molecule has 0 aromatic heterocycles. The van der Waals surface area contributed by atoms with Crippen molar-refractivity contribution in [1.29, 1.82) is 0 Å². The SMILES string of the molecule is CC1(C)Oc2ccc(Cl)cc2C2OCC3(CCNCC3)CC21. The number of nitrogens with one attached hydrogen (secondary N) is 1. The molecule has 4 heteroatoms. The first kappa shape index (κ1) is 14.8. The van der Waals surface area contributed by atoms with E-state index >= 15 is 0 Å². The van der Waals surface area contributed by atoms with Crippen molar-refractivity contribution in [2.24, 2.45) is 11.3 Å².